The van der Waals surface area contributed by atoms with Crippen molar-refractivity contribution >= 4 is 5.78 Å². The van der Waals surface area contributed by atoms with Crippen LogP contribution in [0.25, 0.3) is 0 Å². The quantitative estimate of drug-likeness (QED) is 0.841. The fourth-order valence-electron chi connectivity index (χ4n) is 2.90. The SMILES string of the molecule is CCC1(C(=O)c2cc(OC)ccc2OC)CCCNC1. The monoisotopic (exact) mass is 277 g/mol. The fourth-order valence-corrected chi connectivity index (χ4v) is 2.90. The van der Waals surface area contributed by atoms with Crippen LogP contribution < -0.4 is 14.8 Å². The molecule has 1 N–H and O–H groups in total. The van der Waals surface area contributed by atoms with Crippen LogP contribution in [0.3, 0.4) is 0 Å². The van der Waals surface area contributed by atoms with E-state index in [-0.39, 0.29) is 11.2 Å². The Labute approximate surface area is 120 Å². The molecule has 2 rings (SSSR count). The Morgan fingerprint density at radius 3 is 2.70 bits per heavy atom. The maximum atomic E-state index is 13.0. The van der Waals surface area contributed by atoms with Gasteiger partial charge in [0.15, 0.2) is 5.78 Å². The molecular weight excluding hydrogens is 254 g/mol. The van der Waals surface area contributed by atoms with E-state index < -0.39 is 0 Å². The Kier molecular flexibility index (Phi) is 4.65. The van der Waals surface area contributed by atoms with Crippen molar-refractivity contribution in [2.75, 3.05) is 27.3 Å². The summed E-state index contributed by atoms with van der Waals surface area (Å²) in [7, 11) is 3.20. The first-order valence-corrected chi connectivity index (χ1v) is 7.14. The van der Waals surface area contributed by atoms with E-state index in [1.807, 2.05) is 6.07 Å². The molecule has 1 aliphatic rings. The van der Waals surface area contributed by atoms with Gasteiger partial charge >= 0.3 is 0 Å². The molecule has 1 unspecified atom stereocenters. The largest absolute Gasteiger partial charge is 0.497 e. The van der Waals surface area contributed by atoms with Crippen LogP contribution in [-0.4, -0.2) is 33.1 Å². The number of Topliss-reactive ketones (excluding diaryl/α,β-unsaturated/α-hetero) is 1. The van der Waals surface area contributed by atoms with Gasteiger partial charge < -0.3 is 14.8 Å². The van der Waals surface area contributed by atoms with E-state index in [0.717, 1.165) is 32.4 Å². The normalized spacial score (nSPS) is 22.4. The number of rotatable bonds is 5. The molecule has 1 fully saturated rings. The first-order chi connectivity index (χ1) is 9.66. The number of methoxy groups -OCH3 is 2. The lowest BCUT2D eigenvalue weighted by atomic mass is 9.72. The summed E-state index contributed by atoms with van der Waals surface area (Å²) in [6.07, 6.45) is 2.79. The van der Waals surface area contributed by atoms with Gasteiger partial charge in [0.25, 0.3) is 0 Å². The number of piperidine rings is 1. The molecule has 1 aromatic carbocycles. The molecule has 4 nitrogen and oxygen atoms in total. The van der Waals surface area contributed by atoms with Gasteiger partial charge in [-0.2, -0.15) is 0 Å². The molecule has 0 aliphatic carbocycles. The minimum absolute atomic E-state index is 0.156. The van der Waals surface area contributed by atoms with Crippen LogP contribution in [0, 0.1) is 5.41 Å². The molecule has 1 heterocycles. The zero-order valence-corrected chi connectivity index (χ0v) is 12.5. The number of ketones is 1. The van der Waals surface area contributed by atoms with Gasteiger partial charge in [-0.1, -0.05) is 6.92 Å². The van der Waals surface area contributed by atoms with Crippen LogP contribution in [0.1, 0.15) is 36.5 Å². The first-order valence-electron chi connectivity index (χ1n) is 7.14. The van der Waals surface area contributed by atoms with Gasteiger partial charge in [0, 0.05) is 12.0 Å². The fraction of sp³-hybridized carbons (Fsp3) is 0.562. The number of carbonyl (C=O) groups is 1. The van der Waals surface area contributed by atoms with Gasteiger partial charge in [0.05, 0.1) is 19.8 Å². The van der Waals surface area contributed by atoms with Gasteiger partial charge in [-0.05, 0) is 44.0 Å². The molecule has 1 saturated heterocycles. The molecule has 0 amide bonds. The maximum absolute atomic E-state index is 13.0. The van der Waals surface area contributed by atoms with E-state index in [2.05, 4.69) is 12.2 Å². The molecule has 1 aliphatic heterocycles. The van der Waals surface area contributed by atoms with Crippen LogP contribution in [0.15, 0.2) is 18.2 Å². The van der Waals surface area contributed by atoms with E-state index in [0.29, 0.717) is 17.1 Å². The predicted octanol–water partition coefficient (Wildman–Crippen LogP) is 2.67. The summed E-state index contributed by atoms with van der Waals surface area (Å²) < 4.78 is 10.6. The van der Waals surface area contributed by atoms with E-state index in [4.69, 9.17) is 9.47 Å². The zero-order chi connectivity index (χ0) is 14.6. The number of nitrogens with one attached hydrogen (secondary N) is 1. The Bertz CT molecular complexity index is 479. The van der Waals surface area contributed by atoms with Crippen molar-refractivity contribution in [2.45, 2.75) is 26.2 Å². The molecular formula is C16H23NO3. The Morgan fingerprint density at radius 2 is 2.15 bits per heavy atom. The Balaban J connectivity index is 2.40. The molecule has 0 spiro atoms. The van der Waals surface area contributed by atoms with E-state index >= 15 is 0 Å². The van der Waals surface area contributed by atoms with Gasteiger partial charge in [-0.15, -0.1) is 0 Å². The van der Waals surface area contributed by atoms with Crippen molar-refractivity contribution in [1.29, 1.82) is 0 Å². The third-order valence-electron chi connectivity index (χ3n) is 4.28. The van der Waals surface area contributed by atoms with E-state index in [1.54, 1.807) is 26.4 Å². The average molecular weight is 277 g/mol. The summed E-state index contributed by atoms with van der Waals surface area (Å²) in [5.74, 6) is 1.46. The summed E-state index contributed by atoms with van der Waals surface area (Å²) in [5, 5.41) is 3.35. The Morgan fingerprint density at radius 1 is 1.35 bits per heavy atom. The zero-order valence-electron chi connectivity index (χ0n) is 12.5. The van der Waals surface area contributed by atoms with Crippen LogP contribution in [0.5, 0.6) is 11.5 Å². The number of ether oxygens (including phenoxy) is 2. The highest BCUT2D eigenvalue weighted by Crippen LogP contribution is 2.37. The number of hydrogen-bond donors (Lipinski definition) is 1. The highest BCUT2D eigenvalue weighted by atomic mass is 16.5. The number of hydrogen-bond acceptors (Lipinski definition) is 4. The maximum Gasteiger partial charge on any atom is 0.174 e. The summed E-state index contributed by atoms with van der Waals surface area (Å²) in [5.41, 5.74) is 0.301. The van der Waals surface area contributed by atoms with Gasteiger partial charge in [-0.3, -0.25) is 4.79 Å². The standard InChI is InChI=1S/C16H23NO3/c1-4-16(8-5-9-17-11-16)15(18)13-10-12(19-2)6-7-14(13)20-3/h6-7,10,17H,4-5,8-9,11H2,1-3H3. The molecule has 1 aromatic rings. The van der Waals surface area contributed by atoms with Gasteiger partial charge in [-0.25, -0.2) is 0 Å². The average Bonchev–Trinajstić information content (AvgIpc) is 2.54. The molecule has 110 valence electrons. The van der Waals surface area contributed by atoms with Crippen molar-refractivity contribution < 1.29 is 14.3 Å². The van der Waals surface area contributed by atoms with Crippen LogP contribution in [0.4, 0.5) is 0 Å². The van der Waals surface area contributed by atoms with Crippen molar-refractivity contribution in [3.8, 4) is 11.5 Å². The lowest BCUT2D eigenvalue weighted by Crippen LogP contribution is -2.45. The van der Waals surface area contributed by atoms with Gasteiger partial charge in [0.1, 0.15) is 11.5 Å². The van der Waals surface area contributed by atoms with Crippen LogP contribution in [-0.2, 0) is 0 Å². The molecule has 20 heavy (non-hydrogen) atoms. The summed E-state index contributed by atoms with van der Waals surface area (Å²) >= 11 is 0. The molecule has 0 saturated carbocycles. The van der Waals surface area contributed by atoms with E-state index in [1.165, 1.54) is 0 Å². The third kappa shape index (κ3) is 2.66. The molecule has 0 bridgehead atoms. The summed E-state index contributed by atoms with van der Waals surface area (Å²) in [4.78, 5) is 13.0. The van der Waals surface area contributed by atoms with Crippen LogP contribution >= 0.6 is 0 Å². The first kappa shape index (κ1) is 14.9. The third-order valence-corrected chi connectivity index (χ3v) is 4.28. The summed E-state index contributed by atoms with van der Waals surface area (Å²) in [6, 6.07) is 5.40. The van der Waals surface area contributed by atoms with Crippen LogP contribution in [0.2, 0.25) is 0 Å². The van der Waals surface area contributed by atoms with Crippen molar-refractivity contribution in [3.05, 3.63) is 23.8 Å². The van der Waals surface area contributed by atoms with Crippen molar-refractivity contribution in [3.63, 3.8) is 0 Å². The Hall–Kier alpha value is -1.55. The molecule has 0 aromatic heterocycles. The number of carbonyl (C=O) groups excluding carboxylic acids is 1. The second kappa shape index (κ2) is 6.27. The summed E-state index contributed by atoms with van der Waals surface area (Å²) in [6.45, 7) is 3.81. The van der Waals surface area contributed by atoms with Crippen molar-refractivity contribution in [2.24, 2.45) is 5.41 Å². The highest BCUT2D eigenvalue weighted by molar-refractivity contribution is 6.03. The molecule has 4 heteroatoms. The molecule has 1 atom stereocenters. The predicted molar refractivity (Wildman–Crippen MR) is 78.7 cm³/mol. The van der Waals surface area contributed by atoms with Gasteiger partial charge in [0.2, 0.25) is 0 Å². The highest BCUT2D eigenvalue weighted by Gasteiger charge is 2.39. The molecule has 0 radical (unpaired) electrons. The second-order valence-electron chi connectivity index (χ2n) is 5.31. The lowest BCUT2D eigenvalue weighted by Gasteiger charge is -2.35. The minimum atomic E-state index is -0.322. The van der Waals surface area contributed by atoms with Crippen molar-refractivity contribution in [1.82, 2.24) is 5.32 Å². The minimum Gasteiger partial charge on any atom is -0.497 e. The van der Waals surface area contributed by atoms with E-state index in [9.17, 15) is 4.79 Å². The topological polar surface area (TPSA) is 47.6 Å². The number of benzene rings is 1. The smallest absolute Gasteiger partial charge is 0.174 e. The lowest BCUT2D eigenvalue weighted by molar-refractivity contribution is 0.0727. The second-order valence-corrected chi connectivity index (χ2v) is 5.31.